The molecule has 2 aromatic rings. The number of aryl methyl sites for hydroxylation is 1. The summed E-state index contributed by atoms with van der Waals surface area (Å²) < 4.78 is 0. The van der Waals surface area contributed by atoms with E-state index in [2.05, 4.69) is 12.1 Å². The topological polar surface area (TPSA) is 40.5 Å². The lowest BCUT2D eigenvalue weighted by Gasteiger charge is -2.24. The molecule has 21 heavy (non-hydrogen) atoms. The third-order valence-electron chi connectivity index (χ3n) is 4.01. The van der Waals surface area contributed by atoms with Crippen LogP contribution in [-0.4, -0.2) is 22.5 Å². The van der Waals surface area contributed by atoms with Crippen LogP contribution in [0, 0.1) is 0 Å². The van der Waals surface area contributed by atoms with Crippen molar-refractivity contribution in [3.63, 3.8) is 0 Å². The SMILES string of the molecule is O=C(C(O)c1ccccc1)N1CCCc2ccccc2C1. The van der Waals surface area contributed by atoms with Crippen molar-refractivity contribution in [2.24, 2.45) is 0 Å². The normalized spacial score (nSPS) is 16.0. The Labute approximate surface area is 124 Å². The van der Waals surface area contributed by atoms with Crippen molar-refractivity contribution in [1.82, 2.24) is 4.90 Å². The number of rotatable bonds is 2. The van der Waals surface area contributed by atoms with E-state index in [1.165, 1.54) is 11.1 Å². The van der Waals surface area contributed by atoms with Gasteiger partial charge in [-0.25, -0.2) is 0 Å². The van der Waals surface area contributed by atoms with Crippen LogP contribution in [-0.2, 0) is 17.8 Å². The van der Waals surface area contributed by atoms with E-state index >= 15 is 0 Å². The van der Waals surface area contributed by atoms with Crippen molar-refractivity contribution in [1.29, 1.82) is 0 Å². The average Bonchev–Trinajstić information content (AvgIpc) is 2.76. The van der Waals surface area contributed by atoms with E-state index in [0.717, 1.165) is 12.8 Å². The molecule has 1 aliphatic rings. The van der Waals surface area contributed by atoms with Gasteiger partial charge in [0.25, 0.3) is 5.91 Å². The number of amides is 1. The third-order valence-corrected chi connectivity index (χ3v) is 4.01. The Morgan fingerprint density at radius 3 is 2.43 bits per heavy atom. The molecule has 3 heteroatoms. The quantitative estimate of drug-likeness (QED) is 0.919. The first kappa shape index (κ1) is 13.8. The fourth-order valence-corrected chi connectivity index (χ4v) is 2.84. The maximum Gasteiger partial charge on any atom is 0.256 e. The molecule has 1 unspecified atom stereocenters. The predicted octanol–water partition coefficient (Wildman–Crippen LogP) is 2.70. The van der Waals surface area contributed by atoms with Gasteiger partial charge in [0, 0.05) is 13.1 Å². The van der Waals surface area contributed by atoms with Gasteiger partial charge in [0.15, 0.2) is 6.10 Å². The summed E-state index contributed by atoms with van der Waals surface area (Å²) in [7, 11) is 0. The summed E-state index contributed by atoms with van der Waals surface area (Å²) in [5, 5.41) is 10.3. The van der Waals surface area contributed by atoms with Gasteiger partial charge in [-0.05, 0) is 29.5 Å². The molecule has 0 aromatic heterocycles. The van der Waals surface area contributed by atoms with Crippen LogP contribution in [0.1, 0.15) is 29.2 Å². The van der Waals surface area contributed by atoms with Crippen molar-refractivity contribution < 1.29 is 9.90 Å². The highest BCUT2D eigenvalue weighted by atomic mass is 16.3. The molecule has 0 saturated carbocycles. The molecule has 1 aliphatic heterocycles. The monoisotopic (exact) mass is 281 g/mol. The van der Waals surface area contributed by atoms with Crippen molar-refractivity contribution in [3.8, 4) is 0 Å². The first-order chi connectivity index (χ1) is 10.3. The van der Waals surface area contributed by atoms with E-state index in [0.29, 0.717) is 18.7 Å². The molecule has 0 spiro atoms. The zero-order valence-electron chi connectivity index (χ0n) is 11.9. The summed E-state index contributed by atoms with van der Waals surface area (Å²) in [4.78, 5) is 14.3. The van der Waals surface area contributed by atoms with Gasteiger partial charge in [-0.2, -0.15) is 0 Å². The molecule has 0 radical (unpaired) electrons. The number of hydrogen-bond donors (Lipinski definition) is 1. The van der Waals surface area contributed by atoms with Crippen LogP contribution < -0.4 is 0 Å². The lowest BCUT2D eigenvalue weighted by atomic mass is 10.0. The maximum absolute atomic E-state index is 12.5. The average molecular weight is 281 g/mol. The summed E-state index contributed by atoms with van der Waals surface area (Å²) >= 11 is 0. The molecule has 0 fully saturated rings. The third kappa shape index (κ3) is 2.98. The lowest BCUT2D eigenvalue weighted by molar-refractivity contribution is -0.141. The van der Waals surface area contributed by atoms with Crippen molar-refractivity contribution in [2.45, 2.75) is 25.5 Å². The first-order valence-corrected chi connectivity index (χ1v) is 7.34. The molecule has 1 N–H and O–H groups in total. The Morgan fingerprint density at radius 1 is 1.00 bits per heavy atom. The van der Waals surface area contributed by atoms with Gasteiger partial charge in [-0.3, -0.25) is 4.79 Å². The molecular formula is C18H19NO2. The van der Waals surface area contributed by atoms with Crippen molar-refractivity contribution in [3.05, 3.63) is 71.3 Å². The van der Waals surface area contributed by atoms with E-state index < -0.39 is 6.10 Å². The Hall–Kier alpha value is -2.13. The van der Waals surface area contributed by atoms with Crippen LogP contribution in [0.4, 0.5) is 0 Å². The van der Waals surface area contributed by atoms with Crippen LogP contribution in [0.5, 0.6) is 0 Å². The maximum atomic E-state index is 12.5. The number of fused-ring (bicyclic) bond motifs is 1. The summed E-state index contributed by atoms with van der Waals surface area (Å²) in [5.41, 5.74) is 3.14. The predicted molar refractivity (Wildman–Crippen MR) is 81.6 cm³/mol. The molecule has 1 atom stereocenters. The van der Waals surface area contributed by atoms with E-state index in [4.69, 9.17) is 0 Å². The molecule has 0 saturated heterocycles. The van der Waals surface area contributed by atoms with Gasteiger partial charge in [0.1, 0.15) is 0 Å². The Morgan fingerprint density at radius 2 is 1.67 bits per heavy atom. The van der Waals surface area contributed by atoms with Crippen molar-refractivity contribution in [2.75, 3.05) is 6.54 Å². The molecule has 3 nitrogen and oxygen atoms in total. The van der Waals surface area contributed by atoms with E-state index in [1.54, 1.807) is 17.0 Å². The summed E-state index contributed by atoms with van der Waals surface area (Å²) in [6.45, 7) is 1.27. The van der Waals surface area contributed by atoms with Gasteiger partial charge >= 0.3 is 0 Å². The van der Waals surface area contributed by atoms with Crippen LogP contribution in [0.3, 0.4) is 0 Å². The highest BCUT2D eigenvalue weighted by molar-refractivity contribution is 5.82. The summed E-state index contributed by atoms with van der Waals surface area (Å²) in [6, 6.07) is 17.3. The zero-order chi connectivity index (χ0) is 14.7. The minimum atomic E-state index is -1.07. The number of hydrogen-bond acceptors (Lipinski definition) is 2. The first-order valence-electron chi connectivity index (χ1n) is 7.34. The molecule has 1 amide bonds. The van der Waals surface area contributed by atoms with E-state index in [-0.39, 0.29) is 5.91 Å². The largest absolute Gasteiger partial charge is 0.378 e. The molecule has 0 aliphatic carbocycles. The zero-order valence-corrected chi connectivity index (χ0v) is 11.9. The fraction of sp³-hybridized carbons (Fsp3) is 0.278. The molecule has 1 heterocycles. The van der Waals surface area contributed by atoms with Crippen LogP contribution in [0.2, 0.25) is 0 Å². The number of nitrogens with zero attached hydrogens (tertiary/aromatic N) is 1. The van der Waals surface area contributed by atoms with E-state index in [9.17, 15) is 9.90 Å². The molecule has 3 rings (SSSR count). The van der Waals surface area contributed by atoms with Gasteiger partial charge in [-0.1, -0.05) is 54.6 Å². The second kappa shape index (κ2) is 6.10. The molecule has 0 bridgehead atoms. The molecule has 108 valence electrons. The van der Waals surface area contributed by atoms with Gasteiger partial charge < -0.3 is 10.0 Å². The summed E-state index contributed by atoms with van der Waals surface area (Å²) in [6.07, 6.45) is 0.850. The van der Waals surface area contributed by atoms with Gasteiger partial charge in [0.05, 0.1) is 0 Å². The Bertz CT molecular complexity index is 624. The molecule has 2 aromatic carbocycles. The summed E-state index contributed by atoms with van der Waals surface area (Å²) in [5.74, 6) is -0.210. The number of carbonyl (C=O) groups excluding carboxylic acids is 1. The number of aliphatic hydroxyl groups is 1. The lowest BCUT2D eigenvalue weighted by Crippen LogP contribution is -2.34. The van der Waals surface area contributed by atoms with E-state index in [1.807, 2.05) is 30.3 Å². The molecular weight excluding hydrogens is 262 g/mol. The van der Waals surface area contributed by atoms with Crippen LogP contribution >= 0.6 is 0 Å². The van der Waals surface area contributed by atoms with Crippen molar-refractivity contribution >= 4 is 5.91 Å². The van der Waals surface area contributed by atoms with Crippen LogP contribution in [0.25, 0.3) is 0 Å². The number of carbonyl (C=O) groups is 1. The fourth-order valence-electron chi connectivity index (χ4n) is 2.84. The second-order valence-electron chi connectivity index (χ2n) is 5.45. The Kier molecular flexibility index (Phi) is 4.02. The second-order valence-corrected chi connectivity index (χ2v) is 5.45. The highest BCUT2D eigenvalue weighted by Gasteiger charge is 2.25. The smallest absolute Gasteiger partial charge is 0.256 e. The van der Waals surface area contributed by atoms with Gasteiger partial charge in [0.2, 0.25) is 0 Å². The Balaban J connectivity index is 1.79. The van der Waals surface area contributed by atoms with Crippen LogP contribution in [0.15, 0.2) is 54.6 Å². The standard InChI is InChI=1S/C18H19NO2/c20-17(15-8-2-1-3-9-15)18(21)19-12-6-11-14-7-4-5-10-16(14)13-19/h1-5,7-10,17,20H,6,11-13H2. The van der Waals surface area contributed by atoms with Gasteiger partial charge in [-0.15, -0.1) is 0 Å². The minimum Gasteiger partial charge on any atom is -0.378 e. The minimum absolute atomic E-state index is 0.210. The highest BCUT2D eigenvalue weighted by Crippen LogP contribution is 2.22. The number of aliphatic hydroxyl groups excluding tert-OH is 1. The number of benzene rings is 2.